The van der Waals surface area contributed by atoms with E-state index < -0.39 is 0 Å². The van der Waals surface area contributed by atoms with Gasteiger partial charge in [-0.25, -0.2) is 14.5 Å². The maximum absolute atomic E-state index is 5.57. The Kier molecular flexibility index (Phi) is 5.29. The molecule has 0 radical (unpaired) electrons. The second-order valence-electron chi connectivity index (χ2n) is 9.46. The molecule has 6 rings (SSSR count). The highest BCUT2D eigenvalue weighted by Crippen LogP contribution is 2.41. The molecule has 2 saturated heterocycles. The van der Waals surface area contributed by atoms with Gasteiger partial charge in [-0.05, 0) is 31.4 Å². The van der Waals surface area contributed by atoms with Crippen molar-refractivity contribution in [3.8, 4) is 27.7 Å². The smallest absolute Gasteiger partial charge is 0.197 e. The second-order valence-corrected chi connectivity index (χ2v) is 10.5. The summed E-state index contributed by atoms with van der Waals surface area (Å²) in [7, 11) is 1.65. The van der Waals surface area contributed by atoms with Gasteiger partial charge in [0.25, 0.3) is 0 Å². The van der Waals surface area contributed by atoms with Gasteiger partial charge in [-0.1, -0.05) is 32.1 Å². The van der Waals surface area contributed by atoms with Gasteiger partial charge >= 0.3 is 0 Å². The zero-order valence-corrected chi connectivity index (χ0v) is 20.8. The van der Waals surface area contributed by atoms with E-state index in [2.05, 4.69) is 45.8 Å². The predicted molar refractivity (Wildman–Crippen MR) is 134 cm³/mol. The predicted octanol–water partition coefficient (Wildman–Crippen LogP) is 4.05. The number of methoxy groups -OCH3 is 1. The zero-order chi connectivity index (χ0) is 23.4. The number of hydrogen-bond acceptors (Lipinski definition) is 8. The highest BCUT2D eigenvalue weighted by Gasteiger charge is 2.39. The van der Waals surface area contributed by atoms with Crippen molar-refractivity contribution in [2.75, 3.05) is 31.6 Å². The molecular formula is C24H30N8OS. The van der Waals surface area contributed by atoms with Gasteiger partial charge < -0.3 is 9.64 Å². The molecule has 1 N–H and O–H groups in total. The number of nitrogens with zero attached hydrogens (tertiary/aromatic N) is 7. The lowest BCUT2D eigenvalue weighted by atomic mass is 9.97. The first-order chi connectivity index (χ1) is 16.6. The molecule has 4 aromatic heterocycles. The van der Waals surface area contributed by atoms with Crippen molar-refractivity contribution in [3.63, 3.8) is 0 Å². The minimum absolute atomic E-state index is 0.261. The van der Waals surface area contributed by atoms with Crippen LogP contribution in [0.1, 0.15) is 45.1 Å². The van der Waals surface area contributed by atoms with Crippen LogP contribution in [0.5, 0.6) is 5.75 Å². The summed E-state index contributed by atoms with van der Waals surface area (Å²) in [4.78, 5) is 14.3. The van der Waals surface area contributed by atoms with Gasteiger partial charge in [0.15, 0.2) is 11.4 Å². The van der Waals surface area contributed by atoms with E-state index >= 15 is 0 Å². The molecule has 6 heterocycles. The molecule has 2 atom stereocenters. The van der Waals surface area contributed by atoms with E-state index in [0.29, 0.717) is 17.4 Å². The van der Waals surface area contributed by atoms with Gasteiger partial charge in [0.1, 0.15) is 22.0 Å². The van der Waals surface area contributed by atoms with E-state index in [0.717, 1.165) is 53.2 Å². The molecule has 0 aliphatic carbocycles. The Labute approximate surface area is 202 Å². The van der Waals surface area contributed by atoms with E-state index in [1.54, 1.807) is 23.0 Å². The van der Waals surface area contributed by atoms with Crippen LogP contribution < -0.4 is 9.64 Å². The van der Waals surface area contributed by atoms with Gasteiger partial charge in [0.2, 0.25) is 0 Å². The maximum atomic E-state index is 5.57. The van der Waals surface area contributed by atoms with Crippen LogP contribution in [0.4, 0.5) is 5.00 Å². The zero-order valence-electron chi connectivity index (χ0n) is 20.0. The second kappa shape index (κ2) is 8.35. The number of pyridine rings is 1. The molecule has 2 aliphatic heterocycles. The number of likely N-dealkylation sites (tertiary alicyclic amines) is 1. The third-order valence-corrected chi connectivity index (χ3v) is 8.31. The Balaban J connectivity index is 1.36. The molecule has 10 heteroatoms. The van der Waals surface area contributed by atoms with Crippen LogP contribution in [-0.2, 0) is 0 Å². The average Bonchev–Trinajstić information content (AvgIpc) is 3.63. The fourth-order valence-electron chi connectivity index (χ4n) is 5.62. The molecule has 178 valence electrons. The lowest BCUT2D eigenvalue weighted by Crippen LogP contribution is -2.40. The van der Waals surface area contributed by atoms with Gasteiger partial charge in [0, 0.05) is 42.5 Å². The molecule has 34 heavy (non-hydrogen) atoms. The van der Waals surface area contributed by atoms with Crippen molar-refractivity contribution in [1.29, 1.82) is 0 Å². The van der Waals surface area contributed by atoms with Crippen LogP contribution >= 0.6 is 11.3 Å². The maximum Gasteiger partial charge on any atom is 0.197 e. The molecule has 2 fully saturated rings. The third-order valence-electron chi connectivity index (χ3n) is 7.27. The summed E-state index contributed by atoms with van der Waals surface area (Å²) in [5.41, 5.74) is 4.70. The standard InChI is InChI=1S/C24H30N8OS/c1-5-30-12-17-9-16(30)6-7-31(17)19-10-25-24(34-19)22-20(14(2)3)21(28-29-22)15-8-18(33-4)23-26-13-27-32(23)11-15/h8,10-11,13-14,16-17H,5-7,9,12H2,1-4H3,(H,28,29)/t16-,17+/m0/s1. The van der Waals surface area contributed by atoms with Gasteiger partial charge in [-0.2, -0.15) is 10.2 Å². The summed E-state index contributed by atoms with van der Waals surface area (Å²) in [5, 5.41) is 14.6. The minimum Gasteiger partial charge on any atom is -0.493 e. The highest BCUT2D eigenvalue weighted by molar-refractivity contribution is 7.18. The van der Waals surface area contributed by atoms with Crippen LogP contribution in [-0.4, -0.2) is 73.5 Å². The summed E-state index contributed by atoms with van der Waals surface area (Å²) < 4.78 is 7.31. The molecule has 9 nitrogen and oxygen atoms in total. The number of rotatable bonds is 6. The molecule has 0 unspecified atom stereocenters. The van der Waals surface area contributed by atoms with Crippen molar-refractivity contribution >= 4 is 22.0 Å². The number of anilines is 1. The van der Waals surface area contributed by atoms with E-state index in [1.807, 2.05) is 18.5 Å². The Bertz CT molecular complexity index is 1320. The number of hydrogen-bond donors (Lipinski definition) is 1. The van der Waals surface area contributed by atoms with Crippen molar-refractivity contribution < 1.29 is 4.74 Å². The summed E-state index contributed by atoms with van der Waals surface area (Å²) in [5.74, 6) is 0.940. The van der Waals surface area contributed by atoms with Crippen LogP contribution in [0.15, 0.2) is 24.8 Å². The van der Waals surface area contributed by atoms with E-state index in [4.69, 9.17) is 14.8 Å². The topological polar surface area (TPSA) is 87.5 Å². The molecule has 2 bridgehead atoms. The molecule has 2 aliphatic rings. The number of ether oxygens (including phenoxy) is 1. The van der Waals surface area contributed by atoms with Crippen LogP contribution in [0, 0.1) is 0 Å². The van der Waals surface area contributed by atoms with Crippen molar-refractivity contribution in [3.05, 3.63) is 30.4 Å². The third kappa shape index (κ3) is 3.39. The molecule has 0 saturated carbocycles. The summed E-state index contributed by atoms with van der Waals surface area (Å²) in [6.45, 7) is 10.1. The minimum atomic E-state index is 0.261. The van der Waals surface area contributed by atoms with Crippen molar-refractivity contribution in [1.82, 2.24) is 34.7 Å². The quantitative estimate of drug-likeness (QED) is 0.447. The van der Waals surface area contributed by atoms with Crippen molar-refractivity contribution in [2.24, 2.45) is 0 Å². The Morgan fingerprint density at radius 1 is 1.26 bits per heavy atom. The summed E-state index contributed by atoms with van der Waals surface area (Å²) in [6, 6.07) is 3.33. The number of piperidine rings is 1. The summed E-state index contributed by atoms with van der Waals surface area (Å²) in [6.07, 6.45) is 8.03. The van der Waals surface area contributed by atoms with E-state index in [1.165, 1.54) is 24.2 Å². The highest BCUT2D eigenvalue weighted by atomic mass is 32.1. The Morgan fingerprint density at radius 3 is 2.94 bits per heavy atom. The number of H-pyrrole nitrogens is 1. The van der Waals surface area contributed by atoms with E-state index in [-0.39, 0.29) is 5.92 Å². The molecule has 0 amide bonds. The SMILES string of the molecule is CCN1C[C@H]2C[C@@H]1CCN2c1cnc(-c2n[nH]c(-c3cc(OC)c4ncnn4c3)c2C(C)C)s1. The first-order valence-electron chi connectivity index (χ1n) is 12.0. The van der Waals surface area contributed by atoms with Gasteiger partial charge in [-0.15, -0.1) is 0 Å². The lowest BCUT2D eigenvalue weighted by Gasteiger charge is -2.33. The number of aromatic amines is 1. The van der Waals surface area contributed by atoms with Crippen LogP contribution in [0.3, 0.4) is 0 Å². The number of aromatic nitrogens is 6. The first kappa shape index (κ1) is 21.5. The molecule has 0 aromatic carbocycles. The monoisotopic (exact) mass is 478 g/mol. The number of fused-ring (bicyclic) bond motifs is 3. The Morgan fingerprint density at radius 2 is 2.15 bits per heavy atom. The lowest BCUT2D eigenvalue weighted by molar-refractivity contribution is 0.262. The molecule has 4 aromatic rings. The number of nitrogens with one attached hydrogen (secondary N) is 1. The molecule has 0 spiro atoms. The van der Waals surface area contributed by atoms with Crippen LogP contribution in [0.25, 0.3) is 27.6 Å². The van der Waals surface area contributed by atoms with Gasteiger partial charge in [0.05, 0.1) is 19.0 Å². The average molecular weight is 479 g/mol. The largest absolute Gasteiger partial charge is 0.493 e. The number of likely N-dealkylation sites (N-methyl/N-ethyl adjacent to an activating group) is 1. The first-order valence-corrected chi connectivity index (χ1v) is 12.8. The van der Waals surface area contributed by atoms with Crippen LogP contribution in [0.2, 0.25) is 0 Å². The number of thiazole rings is 1. The Hall–Kier alpha value is -2.98. The van der Waals surface area contributed by atoms with Crippen molar-refractivity contribution in [2.45, 2.75) is 51.6 Å². The fraction of sp³-hybridized carbons (Fsp3) is 0.500. The van der Waals surface area contributed by atoms with Gasteiger partial charge in [-0.3, -0.25) is 10.00 Å². The molecular weight excluding hydrogens is 448 g/mol. The summed E-state index contributed by atoms with van der Waals surface area (Å²) >= 11 is 1.75. The normalized spacial score (nSPS) is 20.7. The van der Waals surface area contributed by atoms with E-state index in [9.17, 15) is 0 Å². The fourth-order valence-corrected chi connectivity index (χ4v) is 6.64.